The van der Waals surface area contributed by atoms with Gasteiger partial charge in [-0.15, -0.1) is 0 Å². The van der Waals surface area contributed by atoms with Crippen LogP contribution in [-0.4, -0.2) is 6.03 Å². The number of nitrogens with one attached hydrogen (secondary N) is 2. The van der Waals surface area contributed by atoms with Gasteiger partial charge < -0.3 is 10.6 Å². The highest BCUT2D eigenvalue weighted by Gasteiger charge is 2.09. The Kier molecular flexibility index (Phi) is 6.12. The van der Waals surface area contributed by atoms with E-state index in [-0.39, 0.29) is 6.03 Å². The molecular formula is C16H21BrN2O. The van der Waals surface area contributed by atoms with Gasteiger partial charge in [0.1, 0.15) is 0 Å². The number of amides is 2. The zero-order chi connectivity index (χ0) is 14.2. The van der Waals surface area contributed by atoms with Crippen LogP contribution in [0.3, 0.4) is 0 Å². The van der Waals surface area contributed by atoms with Crippen molar-refractivity contribution in [2.75, 3.05) is 0 Å². The first kappa shape index (κ1) is 15.1. The maximum atomic E-state index is 11.7. The second kappa shape index (κ2) is 8.10. The lowest BCUT2D eigenvalue weighted by Gasteiger charge is -2.17. The van der Waals surface area contributed by atoms with Crippen molar-refractivity contribution >= 4 is 22.0 Å². The van der Waals surface area contributed by atoms with Crippen LogP contribution in [0, 0.1) is 5.92 Å². The topological polar surface area (TPSA) is 41.1 Å². The maximum Gasteiger partial charge on any atom is 0.319 e. The Labute approximate surface area is 129 Å². The fourth-order valence-corrected chi connectivity index (χ4v) is 2.88. The first-order chi connectivity index (χ1) is 9.75. The van der Waals surface area contributed by atoms with Gasteiger partial charge in [0, 0.05) is 17.2 Å². The maximum absolute atomic E-state index is 11.7. The van der Waals surface area contributed by atoms with Crippen LogP contribution in [0.5, 0.6) is 0 Å². The van der Waals surface area contributed by atoms with Crippen LogP contribution in [0.1, 0.15) is 37.7 Å². The fourth-order valence-electron chi connectivity index (χ4n) is 2.45. The van der Waals surface area contributed by atoms with Crippen LogP contribution < -0.4 is 10.6 Å². The molecular weight excluding hydrogens is 316 g/mol. The van der Waals surface area contributed by atoms with Crippen LogP contribution in [-0.2, 0) is 6.54 Å². The monoisotopic (exact) mass is 336 g/mol. The molecule has 1 fully saturated rings. The summed E-state index contributed by atoms with van der Waals surface area (Å²) in [4.78, 5) is 11.7. The highest BCUT2D eigenvalue weighted by Crippen LogP contribution is 2.24. The van der Waals surface area contributed by atoms with Crippen molar-refractivity contribution in [3.8, 4) is 0 Å². The summed E-state index contributed by atoms with van der Waals surface area (Å²) in [5.41, 5.74) is 1.07. The molecule has 0 aromatic heterocycles. The third kappa shape index (κ3) is 5.00. The molecule has 1 aromatic carbocycles. The first-order valence-electron chi connectivity index (χ1n) is 7.20. The van der Waals surface area contributed by atoms with E-state index in [2.05, 4.69) is 32.6 Å². The predicted octanol–water partition coefficient (Wildman–Crippen LogP) is 4.34. The Morgan fingerprint density at radius 1 is 1.25 bits per heavy atom. The second-order valence-electron chi connectivity index (χ2n) is 5.18. The molecule has 0 heterocycles. The zero-order valence-electron chi connectivity index (χ0n) is 11.6. The lowest BCUT2D eigenvalue weighted by molar-refractivity contribution is 0.243. The SMILES string of the molecule is O=C(N/C=C/C1CCCCC1)NCc1ccccc1Br. The molecule has 0 unspecified atom stereocenters. The van der Waals surface area contributed by atoms with E-state index in [4.69, 9.17) is 0 Å². The number of hydrogen-bond donors (Lipinski definition) is 2. The van der Waals surface area contributed by atoms with E-state index >= 15 is 0 Å². The molecule has 0 atom stereocenters. The summed E-state index contributed by atoms with van der Waals surface area (Å²) in [5.74, 6) is 0.632. The molecule has 2 amide bonds. The van der Waals surface area contributed by atoms with Crippen molar-refractivity contribution < 1.29 is 4.79 Å². The molecule has 20 heavy (non-hydrogen) atoms. The van der Waals surface area contributed by atoms with E-state index in [1.165, 1.54) is 32.1 Å². The highest BCUT2D eigenvalue weighted by atomic mass is 79.9. The summed E-state index contributed by atoms with van der Waals surface area (Å²) in [6.45, 7) is 0.518. The molecule has 108 valence electrons. The summed E-state index contributed by atoms with van der Waals surface area (Å²) in [6, 6.07) is 7.72. The van der Waals surface area contributed by atoms with E-state index in [0.29, 0.717) is 12.5 Å². The Balaban J connectivity index is 1.70. The number of carbonyl (C=O) groups excluding carboxylic acids is 1. The molecule has 3 nitrogen and oxygen atoms in total. The smallest absolute Gasteiger partial charge is 0.319 e. The van der Waals surface area contributed by atoms with Gasteiger partial charge in [-0.2, -0.15) is 0 Å². The second-order valence-corrected chi connectivity index (χ2v) is 6.03. The molecule has 4 heteroatoms. The molecule has 1 aliphatic rings. The number of halogens is 1. The summed E-state index contributed by atoms with van der Waals surface area (Å²) in [7, 11) is 0. The molecule has 0 saturated heterocycles. The average molecular weight is 337 g/mol. The Morgan fingerprint density at radius 3 is 2.75 bits per heavy atom. The highest BCUT2D eigenvalue weighted by molar-refractivity contribution is 9.10. The van der Waals surface area contributed by atoms with Gasteiger partial charge in [0.2, 0.25) is 0 Å². The quantitative estimate of drug-likeness (QED) is 0.843. The van der Waals surface area contributed by atoms with E-state index in [0.717, 1.165) is 10.0 Å². The van der Waals surface area contributed by atoms with Crippen LogP contribution in [0.25, 0.3) is 0 Å². The van der Waals surface area contributed by atoms with Gasteiger partial charge in [0.15, 0.2) is 0 Å². The van der Waals surface area contributed by atoms with Crippen LogP contribution in [0.15, 0.2) is 41.0 Å². The van der Waals surface area contributed by atoms with Crippen LogP contribution in [0.4, 0.5) is 4.79 Å². The van der Waals surface area contributed by atoms with Gasteiger partial charge >= 0.3 is 6.03 Å². The molecule has 2 rings (SSSR count). The molecule has 0 bridgehead atoms. The van der Waals surface area contributed by atoms with Crippen LogP contribution in [0.2, 0.25) is 0 Å². The predicted molar refractivity (Wildman–Crippen MR) is 85.2 cm³/mol. The molecule has 1 aromatic rings. The summed E-state index contributed by atoms with van der Waals surface area (Å²) < 4.78 is 1.01. The van der Waals surface area contributed by atoms with Crippen molar-refractivity contribution in [3.05, 3.63) is 46.6 Å². The Morgan fingerprint density at radius 2 is 2.00 bits per heavy atom. The Bertz CT molecular complexity index is 467. The lowest BCUT2D eigenvalue weighted by atomic mass is 9.89. The summed E-state index contributed by atoms with van der Waals surface area (Å²) in [5, 5.41) is 5.62. The van der Waals surface area contributed by atoms with Crippen molar-refractivity contribution in [2.24, 2.45) is 5.92 Å². The number of allylic oxidation sites excluding steroid dienone is 1. The molecule has 0 aliphatic heterocycles. The lowest BCUT2D eigenvalue weighted by Crippen LogP contribution is -2.31. The number of urea groups is 1. The summed E-state index contributed by atoms with van der Waals surface area (Å²) in [6.07, 6.45) is 10.4. The van der Waals surface area contributed by atoms with E-state index in [1.807, 2.05) is 24.3 Å². The third-order valence-corrected chi connectivity index (χ3v) is 4.40. The number of carbonyl (C=O) groups is 1. The molecule has 0 radical (unpaired) electrons. The Hall–Kier alpha value is -1.29. The minimum absolute atomic E-state index is 0.159. The standard InChI is InChI=1S/C16H21BrN2O/c17-15-9-5-4-8-14(15)12-19-16(20)18-11-10-13-6-2-1-3-7-13/h4-5,8-11,13H,1-3,6-7,12H2,(H2,18,19,20)/b11-10+. The van der Waals surface area contributed by atoms with Gasteiger partial charge in [-0.1, -0.05) is 59.5 Å². The van der Waals surface area contributed by atoms with E-state index in [1.54, 1.807) is 6.20 Å². The van der Waals surface area contributed by atoms with Gasteiger partial charge in [0.25, 0.3) is 0 Å². The van der Waals surface area contributed by atoms with Gasteiger partial charge in [-0.3, -0.25) is 0 Å². The molecule has 0 spiro atoms. The molecule has 1 saturated carbocycles. The number of rotatable bonds is 4. The number of benzene rings is 1. The average Bonchev–Trinajstić information content (AvgIpc) is 2.47. The van der Waals surface area contributed by atoms with Crippen molar-refractivity contribution in [1.82, 2.24) is 10.6 Å². The van der Waals surface area contributed by atoms with E-state index in [9.17, 15) is 4.79 Å². The molecule has 1 aliphatic carbocycles. The minimum Gasteiger partial charge on any atom is -0.334 e. The van der Waals surface area contributed by atoms with Crippen LogP contribution >= 0.6 is 15.9 Å². The van der Waals surface area contributed by atoms with Crippen molar-refractivity contribution in [3.63, 3.8) is 0 Å². The zero-order valence-corrected chi connectivity index (χ0v) is 13.2. The molecule has 2 N–H and O–H groups in total. The normalized spacial score (nSPS) is 16.2. The van der Waals surface area contributed by atoms with E-state index < -0.39 is 0 Å². The van der Waals surface area contributed by atoms with Gasteiger partial charge in [0.05, 0.1) is 0 Å². The minimum atomic E-state index is -0.159. The summed E-state index contributed by atoms with van der Waals surface area (Å²) >= 11 is 3.47. The van der Waals surface area contributed by atoms with Crippen molar-refractivity contribution in [1.29, 1.82) is 0 Å². The fraction of sp³-hybridized carbons (Fsp3) is 0.438. The van der Waals surface area contributed by atoms with Crippen molar-refractivity contribution in [2.45, 2.75) is 38.6 Å². The first-order valence-corrected chi connectivity index (χ1v) is 7.99. The third-order valence-electron chi connectivity index (χ3n) is 3.63. The van der Waals surface area contributed by atoms with Gasteiger partial charge in [-0.05, 0) is 30.4 Å². The largest absolute Gasteiger partial charge is 0.334 e. The number of hydrogen-bond acceptors (Lipinski definition) is 1. The van der Waals surface area contributed by atoms with Gasteiger partial charge in [-0.25, -0.2) is 4.79 Å².